The molecule has 0 aromatic rings. The molecule has 0 N–H and O–H groups in total. The van der Waals surface area contributed by atoms with Crippen LogP contribution >= 0.6 is 0 Å². The molecule has 3 heteroatoms. The van der Waals surface area contributed by atoms with Gasteiger partial charge in [-0.1, -0.05) is 6.92 Å². The lowest BCUT2D eigenvalue weighted by Gasteiger charge is -2.21. The van der Waals surface area contributed by atoms with Crippen LogP contribution in [0.2, 0.25) is 0 Å². The van der Waals surface area contributed by atoms with Gasteiger partial charge in [0.25, 0.3) is 0 Å². The van der Waals surface area contributed by atoms with Gasteiger partial charge in [0.15, 0.2) is 0 Å². The van der Waals surface area contributed by atoms with E-state index in [1.165, 1.54) is 6.92 Å². The summed E-state index contributed by atoms with van der Waals surface area (Å²) in [5, 5.41) is 0. The standard InChI is InChI=1S/C9H14O3/c1-5-6(2)12-8(11)9(5,4)7(3)10/h5-6H,1-4H3/t5-,6+,9+/m0/s1. The molecule has 1 fully saturated rings. The third-order valence-corrected chi connectivity index (χ3v) is 3.06. The maximum Gasteiger partial charge on any atom is 0.320 e. The van der Waals surface area contributed by atoms with Crippen molar-refractivity contribution in [2.75, 3.05) is 0 Å². The van der Waals surface area contributed by atoms with Gasteiger partial charge in [-0.25, -0.2) is 0 Å². The van der Waals surface area contributed by atoms with E-state index < -0.39 is 5.41 Å². The van der Waals surface area contributed by atoms with Crippen LogP contribution in [-0.4, -0.2) is 17.9 Å². The van der Waals surface area contributed by atoms with Gasteiger partial charge in [0.2, 0.25) is 0 Å². The van der Waals surface area contributed by atoms with Gasteiger partial charge in [-0.3, -0.25) is 9.59 Å². The Bertz CT molecular complexity index is 234. The first-order valence-electron chi connectivity index (χ1n) is 4.12. The summed E-state index contributed by atoms with van der Waals surface area (Å²) in [5.74, 6) is -0.512. The number of ketones is 1. The summed E-state index contributed by atoms with van der Waals surface area (Å²) < 4.78 is 4.99. The highest BCUT2D eigenvalue weighted by Crippen LogP contribution is 2.39. The molecule has 1 aliphatic heterocycles. The second-order valence-electron chi connectivity index (χ2n) is 3.66. The molecule has 3 atom stereocenters. The minimum absolute atomic E-state index is 0.0255. The number of cyclic esters (lactones) is 1. The molecule has 1 rings (SSSR count). The monoisotopic (exact) mass is 170 g/mol. The largest absolute Gasteiger partial charge is 0.462 e. The first-order valence-corrected chi connectivity index (χ1v) is 4.12. The maximum atomic E-state index is 11.3. The summed E-state index contributed by atoms with van der Waals surface area (Å²) in [6.45, 7) is 6.79. The van der Waals surface area contributed by atoms with Crippen LogP contribution in [0.25, 0.3) is 0 Å². The van der Waals surface area contributed by atoms with E-state index in [0.29, 0.717) is 0 Å². The molecular weight excluding hydrogens is 156 g/mol. The fourth-order valence-electron chi connectivity index (χ4n) is 1.51. The zero-order valence-corrected chi connectivity index (χ0v) is 7.88. The molecule has 0 bridgehead atoms. The van der Waals surface area contributed by atoms with E-state index in [2.05, 4.69) is 0 Å². The first-order chi connectivity index (χ1) is 5.40. The molecule has 0 radical (unpaired) electrons. The quantitative estimate of drug-likeness (QED) is 0.438. The summed E-state index contributed by atoms with van der Waals surface area (Å²) in [6.07, 6.45) is -0.147. The van der Waals surface area contributed by atoms with E-state index in [1.54, 1.807) is 6.92 Å². The van der Waals surface area contributed by atoms with Crippen LogP contribution in [0.1, 0.15) is 27.7 Å². The van der Waals surface area contributed by atoms with E-state index in [-0.39, 0.29) is 23.8 Å². The van der Waals surface area contributed by atoms with Crippen LogP contribution in [0.5, 0.6) is 0 Å². The number of hydrogen-bond acceptors (Lipinski definition) is 3. The van der Waals surface area contributed by atoms with Gasteiger partial charge >= 0.3 is 5.97 Å². The second kappa shape index (κ2) is 2.57. The molecule has 0 aliphatic carbocycles. The van der Waals surface area contributed by atoms with Crippen molar-refractivity contribution >= 4 is 11.8 Å². The predicted molar refractivity (Wildman–Crippen MR) is 43.5 cm³/mol. The fraction of sp³-hybridized carbons (Fsp3) is 0.778. The smallest absolute Gasteiger partial charge is 0.320 e. The average Bonchev–Trinajstić information content (AvgIpc) is 2.16. The highest BCUT2D eigenvalue weighted by molar-refractivity contribution is 6.03. The molecule has 1 saturated heterocycles. The van der Waals surface area contributed by atoms with Gasteiger partial charge in [0, 0.05) is 5.92 Å². The minimum atomic E-state index is -0.917. The summed E-state index contributed by atoms with van der Waals surface area (Å²) >= 11 is 0. The first kappa shape index (κ1) is 9.23. The molecule has 0 unspecified atom stereocenters. The Morgan fingerprint density at radius 1 is 1.50 bits per heavy atom. The Labute approximate surface area is 72.1 Å². The molecule has 1 aliphatic rings. The molecule has 1 heterocycles. The molecule has 0 saturated carbocycles. The summed E-state index contributed by atoms with van der Waals surface area (Å²) in [7, 11) is 0. The van der Waals surface area contributed by atoms with Gasteiger partial charge in [-0.05, 0) is 20.8 Å². The summed E-state index contributed by atoms with van der Waals surface area (Å²) in [6, 6.07) is 0. The van der Waals surface area contributed by atoms with E-state index in [4.69, 9.17) is 4.74 Å². The van der Waals surface area contributed by atoms with Crippen molar-refractivity contribution in [3.05, 3.63) is 0 Å². The van der Waals surface area contributed by atoms with Crippen LogP contribution in [0.4, 0.5) is 0 Å². The van der Waals surface area contributed by atoms with Gasteiger partial charge in [-0.15, -0.1) is 0 Å². The van der Waals surface area contributed by atoms with Crippen LogP contribution in [-0.2, 0) is 14.3 Å². The molecule has 3 nitrogen and oxygen atoms in total. The lowest BCUT2D eigenvalue weighted by atomic mass is 9.75. The highest BCUT2D eigenvalue weighted by Gasteiger charge is 2.53. The number of rotatable bonds is 1. The molecule has 0 aromatic heterocycles. The number of carbonyl (C=O) groups is 2. The number of carbonyl (C=O) groups excluding carboxylic acids is 2. The van der Waals surface area contributed by atoms with Crippen molar-refractivity contribution in [2.45, 2.75) is 33.8 Å². The van der Waals surface area contributed by atoms with Crippen molar-refractivity contribution < 1.29 is 14.3 Å². The fourth-order valence-corrected chi connectivity index (χ4v) is 1.51. The van der Waals surface area contributed by atoms with Gasteiger partial charge in [-0.2, -0.15) is 0 Å². The molecule has 0 amide bonds. The lowest BCUT2D eigenvalue weighted by molar-refractivity contribution is -0.151. The van der Waals surface area contributed by atoms with Crippen molar-refractivity contribution in [1.82, 2.24) is 0 Å². The van der Waals surface area contributed by atoms with E-state index in [0.717, 1.165) is 0 Å². The summed E-state index contributed by atoms with van der Waals surface area (Å²) in [5.41, 5.74) is -0.917. The molecule has 0 aromatic carbocycles. The minimum Gasteiger partial charge on any atom is -0.462 e. The van der Waals surface area contributed by atoms with Crippen LogP contribution in [0.15, 0.2) is 0 Å². The normalized spacial score (nSPS) is 41.2. The second-order valence-corrected chi connectivity index (χ2v) is 3.66. The molecular formula is C9H14O3. The van der Waals surface area contributed by atoms with Gasteiger partial charge in [0.05, 0.1) is 0 Å². The Morgan fingerprint density at radius 3 is 2.17 bits per heavy atom. The summed E-state index contributed by atoms with van der Waals surface area (Å²) in [4.78, 5) is 22.5. The van der Waals surface area contributed by atoms with Gasteiger partial charge < -0.3 is 4.74 Å². The Balaban J connectivity index is 3.04. The number of hydrogen-bond donors (Lipinski definition) is 0. The molecule has 12 heavy (non-hydrogen) atoms. The Morgan fingerprint density at radius 2 is 2.00 bits per heavy atom. The van der Waals surface area contributed by atoms with Crippen LogP contribution < -0.4 is 0 Å². The number of Topliss-reactive ketones (excluding diaryl/α,β-unsaturated/α-hetero) is 1. The van der Waals surface area contributed by atoms with Crippen LogP contribution in [0.3, 0.4) is 0 Å². The van der Waals surface area contributed by atoms with Crippen LogP contribution in [0, 0.1) is 11.3 Å². The van der Waals surface area contributed by atoms with E-state index >= 15 is 0 Å². The predicted octanol–water partition coefficient (Wildman–Crippen LogP) is 1.16. The zero-order chi connectivity index (χ0) is 9.52. The van der Waals surface area contributed by atoms with Crippen molar-refractivity contribution in [2.24, 2.45) is 11.3 Å². The van der Waals surface area contributed by atoms with E-state index in [1.807, 2.05) is 13.8 Å². The van der Waals surface area contributed by atoms with Gasteiger partial charge in [0.1, 0.15) is 17.3 Å². The third kappa shape index (κ3) is 0.958. The topological polar surface area (TPSA) is 43.4 Å². The number of esters is 1. The van der Waals surface area contributed by atoms with Crippen molar-refractivity contribution in [3.8, 4) is 0 Å². The SMILES string of the molecule is CC(=O)[C@]1(C)C(=O)O[C@H](C)[C@@H]1C. The Kier molecular flexibility index (Phi) is 1.98. The average molecular weight is 170 g/mol. The highest BCUT2D eigenvalue weighted by atomic mass is 16.6. The molecule has 0 spiro atoms. The molecule has 68 valence electrons. The van der Waals surface area contributed by atoms with E-state index in [9.17, 15) is 9.59 Å². The maximum absolute atomic E-state index is 11.3. The van der Waals surface area contributed by atoms with Crippen molar-refractivity contribution in [3.63, 3.8) is 0 Å². The Hall–Kier alpha value is -0.860. The lowest BCUT2D eigenvalue weighted by Crippen LogP contribution is -2.36. The van der Waals surface area contributed by atoms with Crippen molar-refractivity contribution in [1.29, 1.82) is 0 Å². The third-order valence-electron chi connectivity index (χ3n) is 3.06. The zero-order valence-electron chi connectivity index (χ0n) is 7.88. The number of ether oxygens (including phenoxy) is 1.